The minimum atomic E-state index is -3.69. The first-order chi connectivity index (χ1) is 13.7. The van der Waals surface area contributed by atoms with Crippen molar-refractivity contribution in [2.75, 3.05) is 25.9 Å². The van der Waals surface area contributed by atoms with E-state index in [1.54, 1.807) is 4.90 Å². The van der Waals surface area contributed by atoms with Crippen LogP contribution in [0.2, 0.25) is 0 Å². The average Bonchev–Trinajstić information content (AvgIpc) is 3.37. The third kappa shape index (κ3) is 3.56. The Hall–Kier alpha value is -1.94. The SMILES string of the molecule is CC(C)[C@H]1C(=O)N(S(C)(=O)=O)[C@H]2CCN(C(=O)c3coc(CN4CCCC4)n3)[C@H]12. The summed E-state index contributed by atoms with van der Waals surface area (Å²) in [6, 6.07) is -0.978. The Balaban J connectivity index is 1.57. The standard InChI is InChI=1S/C19H28N4O5S/c1-12(2)16-17-14(23(19(16)25)29(3,26)27)6-9-22(17)18(24)13-11-28-15(20-13)10-21-7-4-5-8-21/h11-12,14,16-17H,4-10H2,1-3H3/t14-,16+,17-/m0/s1. The topological polar surface area (TPSA) is 104 Å². The maximum Gasteiger partial charge on any atom is 0.276 e. The van der Waals surface area contributed by atoms with Gasteiger partial charge >= 0.3 is 0 Å². The van der Waals surface area contributed by atoms with Gasteiger partial charge < -0.3 is 9.32 Å². The highest BCUT2D eigenvalue weighted by atomic mass is 32.2. The molecule has 3 fully saturated rings. The fraction of sp³-hybridized carbons (Fsp3) is 0.737. The van der Waals surface area contributed by atoms with E-state index in [9.17, 15) is 18.0 Å². The number of aromatic nitrogens is 1. The number of nitrogens with zero attached hydrogens (tertiary/aromatic N) is 4. The van der Waals surface area contributed by atoms with Gasteiger partial charge in [0, 0.05) is 6.54 Å². The van der Waals surface area contributed by atoms with Crippen LogP contribution in [0.1, 0.15) is 49.5 Å². The Bertz CT molecular complexity index is 905. The van der Waals surface area contributed by atoms with Crippen LogP contribution in [0, 0.1) is 11.8 Å². The monoisotopic (exact) mass is 424 g/mol. The van der Waals surface area contributed by atoms with Crippen LogP contribution in [0.5, 0.6) is 0 Å². The van der Waals surface area contributed by atoms with Gasteiger partial charge in [-0.3, -0.25) is 14.5 Å². The van der Waals surface area contributed by atoms with Crippen molar-refractivity contribution in [2.45, 2.75) is 51.7 Å². The molecule has 0 spiro atoms. The Morgan fingerprint density at radius 2 is 1.97 bits per heavy atom. The Kier molecular flexibility index (Phi) is 5.18. The molecule has 1 aromatic rings. The predicted octanol–water partition coefficient (Wildman–Crippen LogP) is 0.928. The van der Waals surface area contributed by atoms with E-state index in [2.05, 4.69) is 9.88 Å². The van der Waals surface area contributed by atoms with Crippen molar-refractivity contribution < 1.29 is 22.4 Å². The van der Waals surface area contributed by atoms with E-state index in [4.69, 9.17) is 4.42 Å². The first-order valence-electron chi connectivity index (χ1n) is 10.2. The number of sulfonamides is 1. The normalized spacial score (nSPS) is 28.0. The number of hydrogen-bond acceptors (Lipinski definition) is 7. The second-order valence-electron chi connectivity index (χ2n) is 8.62. The van der Waals surface area contributed by atoms with Crippen LogP contribution < -0.4 is 0 Å². The van der Waals surface area contributed by atoms with Crippen LogP contribution in [0.15, 0.2) is 10.7 Å². The minimum Gasteiger partial charge on any atom is -0.447 e. The van der Waals surface area contributed by atoms with Gasteiger partial charge in [0.15, 0.2) is 5.69 Å². The zero-order chi connectivity index (χ0) is 20.9. The first-order valence-corrected chi connectivity index (χ1v) is 12.0. The lowest BCUT2D eigenvalue weighted by molar-refractivity contribution is -0.129. The third-order valence-electron chi connectivity index (χ3n) is 6.26. The van der Waals surface area contributed by atoms with Gasteiger partial charge in [0.1, 0.15) is 6.26 Å². The molecule has 0 aromatic carbocycles. The van der Waals surface area contributed by atoms with Gasteiger partial charge in [-0.1, -0.05) is 13.8 Å². The summed E-state index contributed by atoms with van der Waals surface area (Å²) in [5, 5.41) is 0. The van der Waals surface area contributed by atoms with Gasteiger partial charge in [-0.25, -0.2) is 17.7 Å². The number of amides is 2. The number of likely N-dealkylation sites (tertiary alicyclic amines) is 2. The second kappa shape index (κ2) is 7.39. The minimum absolute atomic E-state index is 0.0850. The zero-order valence-electron chi connectivity index (χ0n) is 17.1. The number of carbonyl (C=O) groups excluding carboxylic acids is 2. The number of rotatable bonds is 5. The summed E-state index contributed by atoms with van der Waals surface area (Å²) in [6.07, 6.45) is 5.18. The lowest BCUT2D eigenvalue weighted by Crippen LogP contribution is -2.44. The fourth-order valence-corrected chi connectivity index (χ4v) is 6.20. The fourth-order valence-electron chi connectivity index (χ4n) is 5.03. The molecule has 0 aliphatic carbocycles. The van der Waals surface area contributed by atoms with Crippen molar-refractivity contribution in [3.8, 4) is 0 Å². The van der Waals surface area contributed by atoms with Crippen molar-refractivity contribution in [3.05, 3.63) is 17.8 Å². The molecule has 3 aliphatic rings. The summed E-state index contributed by atoms with van der Waals surface area (Å²) in [4.78, 5) is 34.3. The molecular weight excluding hydrogens is 396 g/mol. The van der Waals surface area contributed by atoms with Crippen molar-refractivity contribution >= 4 is 21.8 Å². The van der Waals surface area contributed by atoms with Gasteiger partial charge in [-0.2, -0.15) is 0 Å². The summed E-state index contributed by atoms with van der Waals surface area (Å²) in [6.45, 7) is 6.74. The molecule has 10 heteroatoms. The smallest absolute Gasteiger partial charge is 0.276 e. The number of carbonyl (C=O) groups is 2. The van der Waals surface area contributed by atoms with E-state index < -0.39 is 33.9 Å². The van der Waals surface area contributed by atoms with Crippen molar-refractivity contribution in [1.82, 2.24) is 19.1 Å². The van der Waals surface area contributed by atoms with Crippen molar-refractivity contribution in [2.24, 2.45) is 11.8 Å². The van der Waals surface area contributed by atoms with E-state index >= 15 is 0 Å². The van der Waals surface area contributed by atoms with E-state index in [-0.39, 0.29) is 17.5 Å². The predicted molar refractivity (Wildman–Crippen MR) is 104 cm³/mol. The molecule has 29 heavy (non-hydrogen) atoms. The molecule has 4 rings (SSSR count). The summed E-state index contributed by atoms with van der Waals surface area (Å²) >= 11 is 0. The molecule has 3 saturated heterocycles. The van der Waals surface area contributed by atoms with Crippen LogP contribution in [0.25, 0.3) is 0 Å². The van der Waals surface area contributed by atoms with Crippen molar-refractivity contribution in [1.29, 1.82) is 0 Å². The molecule has 0 radical (unpaired) electrons. The summed E-state index contributed by atoms with van der Waals surface area (Å²) in [5.41, 5.74) is 0.215. The molecule has 0 bridgehead atoms. The Morgan fingerprint density at radius 3 is 2.59 bits per heavy atom. The molecule has 0 unspecified atom stereocenters. The van der Waals surface area contributed by atoms with Gasteiger partial charge in [-0.05, 0) is 38.3 Å². The van der Waals surface area contributed by atoms with Gasteiger partial charge in [0.25, 0.3) is 5.91 Å². The number of oxazole rings is 1. The van der Waals surface area contributed by atoms with E-state index in [0.717, 1.165) is 36.5 Å². The molecule has 3 aliphatic heterocycles. The average molecular weight is 425 g/mol. The number of hydrogen-bond donors (Lipinski definition) is 0. The molecular formula is C19H28N4O5S. The van der Waals surface area contributed by atoms with Gasteiger partial charge in [0.2, 0.25) is 21.8 Å². The molecule has 160 valence electrons. The number of fused-ring (bicyclic) bond motifs is 1. The van der Waals surface area contributed by atoms with Crippen LogP contribution in [-0.4, -0.2) is 77.3 Å². The maximum absolute atomic E-state index is 13.2. The highest BCUT2D eigenvalue weighted by Gasteiger charge is 2.58. The lowest BCUT2D eigenvalue weighted by atomic mass is 9.88. The molecule has 9 nitrogen and oxygen atoms in total. The lowest BCUT2D eigenvalue weighted by Gasteiger charge is -2.28. The van der Waals surface area contributed by atoms with Crippen LogP contribution >= 0.6 is 0 Å². The molecule has 1 aromatic heterocycles. The van der Waals surface area contributed by atoms with E-state index in [1.165, 1.54) is 6.26 Å². The molecule has 3 atom stereocenters. The van der Waals surface area contributed by atoms with Crippen LogP contribution in [-0.2, 0) is 21.4 Å². The summed E-state index contributed by atoms with van der Waals surface area (Å²) in [7, 11) is -3.69. The Labute approximate surface area is 171 Å². The molecule has 2 amide bonds. The molecule has 0 saturated carbocycles. The van der Waals surface area contributed by atoms with Crippen molar-refractivity contribution in [3.63, 3.8) is 0 Å². The summed E-state index contributed by atoms with van der Waals surface area (Å²) in [5.74, 6) is -0.838. The largest absolute Gasteiger partial charge is 0.447 e. The molecule has 0 N–H and O–H groups in total. The first kappa shape index (κ1) is 20.3. The van der Waals surface area contributed by atoms with Crippen LogP contribution in [0.3, 0.4) is 0 Å². The van der Waals surface area contributed by atoms with E-state index in [0.29, 0.717) is 25.4 Å². The Morgan fingerprint density at radius 1 is 1.28 bits per heavy atom. The molecule has 4 heterocycles. The highest BCUT2D eigenvalue weighted by molar-refractivity contribution is 7.88. The van der Waals surface area contributed by atoms with E-state index in [1.807, 2.05) is 13.8 Å². The highest BCUT2D eigenvalue weighted by Crippen LogP contribution is 2.41. The third-order valence-corrected chi connectivity index (χ3v) is 7.42. The zero-order valence-corrected chi connectivity index (χ0v) is 17.9. The second-order valence-corrected chi connectivity index (χ2v) is 10.5. The van der Waals surface area contributed by atoms with Crippen LogP contribution in [0.4, 0.5) is 0 Å². The summed E-state index contributed by atoms with van der Waals surface area (Å²) < 4.78 is 31.0. The van der Waals surface area contributed by atoms with Gasteiger partial charge in [0.05, 0.1) is 30.8 Å². The quantitative estimate of drug-likeness (QED) is 0.692. The maximum atomic E-state index is 13.2. The van der Waals surface area contributed by atoms with Gasteiger partial charge in [-0.15, -0.1) is 0 Å².